The quantitative estimate of drug-likeness (QED) is 0.654. The fourth-order valence-corrected chi connectivity index (χ4v) is 3.74. The number of likely N-dealkylation sites (N-methyl/N-ethyl adjacent to an activating group) is 1. The highest BCUT2D eigenvalue weighted by molar-refractivity contribution is 6.19. The second kappa shape index (κ2) is 9.64. The van der Waals surface area contributed by atoms with E-state index in [0.717, 1.165) is 10.5 Å². The van der Waals surface area contributed by atoms with Crippen molar-refractivity contribution in [3.8, 4) is 11.1 Å². The number of hydrogen-bond acceptors (Lipinski definition) is 4. The third kappa shape index (κ3) is 4.77. The van der Waals surface area contributed by atoms with E-state index in [1.165, 1.54) is 36.4 Å². The zero-order chi connectivity index (χ0) is 24.3. The number of urea groups is 1. The van der Waals surface area contributed by atoms with E-state index < -0.39 is 35.5 Å². The molecule has 0 unspecified atom stereocenters. The maximum absolute atomic E-state index is 15.0. The molecule has 1 aliphatic rings. The summed E-state index contributed by atoms with van der Waals surface area (Å²) in [5.74, 6) is -2.89. The lowest BCUT2D eigenvalue weighted by Crippen LogP contribution is -2.57. The van der Waals surface area contributed by atoms with E-state index in [9.17, 15) is 23.6 Å². The van der Waals surface area contributed by atoms with Crippen molar-refractivity contribution in [2.24, 2.45) is 0 Å². The smallest absolute Gasteiger partial charge is 0.323 e. The normalized spacial score (nSPS) is 15.5. The first-order valence-electron chi connectivity index (χ1n) is 10.3. The van der Waals surface area contributed by atoms with Crippen molar-refractivity contribution in [1.29, 1.82) is 0 Å². The van der Waals surface area contributed by atoms with Crippen molar-refractivity contribution in [2.45, 2.75) is 26.3 Å². The Kier molecular flexibility index (Phi) is 6.91. The summed E-state index contributed by atoms with van der Waals surface area (Å²) >= 11 is 0. The van der Waals surface area contributed by atoms with Gasteiger partial charge in [0.1, 0.15) is 5.82 Å². The summed E-state index contributed by atoms with van der Waals surface area (Å²) in [5, 5.41) is 11.3. The summed E-state index contributed by atoms with van der Waals surface area (Å²) in [4.78, 5) is 51.8. The first-order chi connectivity index (χ1) is 15.6. The minimum absolute atomic E-state index is 0.165. The predicted molar refractivity (Wildman–Crippen MR) is 120 cm³/mol. The number of anilines is 1. The molecule has 2 aromatic carbocycles. The minimum atomic E-state index is -1.52. The maximum atomic E-state index is 15.0. The number of halogens is 1. The average Bonchev–Trinajstić information content (AvgIpc) is 2.76. The van der Waals surface area contributed by atoms with E-state index in [1.54, 1.807) is 19.1 Å². The van der Waals surface area contributed by atoms with E-state index >= 15 is 0 Å². The largest absolute Gasteiger partial charge is 0.481 e. The molecule has 1 aliphatic heterocycles. The Morgan fingerprint density at radius 3 is 2.52 bits per heavy atom. The number of nitrogens with zero attached hydrogens (tertiary/aromatic N) is 2. The number of carbonyl (C=O) groups is 4. The van der Waals surface area contributed by atoms with Crippen LogP contribution in [0.5, 0.6) is 0 Å². The Labute approximate surface area is 190 Å². The monoisotopic (exact) mass is 453 g/mol. The first kappa shape index (κ1) is 23.6. The Balaban J connectivity index is 2.16. The van der Waals surface area contributed by atoms with Crippen LogP contribution in [0.15, 0.2) is 48.7 Å². The molecule has 0 saturated heterocycles. The minimum Gasteiger partial charge on any atom is -0.481 e. The Bertz CT molecular complexity index is 1160. The zero-order valence-corrected chi connectivity index (χ0v) is 18.5. The molecule has 3 amide bonds. The third-order valence-electron chi connectivity index (χ3n) is 5.47. The van der Waals surface area contributed by atoms with Crippen molar-refractivity contribution < 1.29 is 28.7 Å². The number of benzene rings is 2. The number of amides is 3. The van der Waals surface area contributed by atoms with Crippen molar-refractivity contribution in [1.82, 2.24) is 10.2 Å². The lowest BCUT2D eigenvalue weighted by atomic mass is 9.94. The standard InChI is InChI=1S/C24H24FN3O5/c1-14-6-4-5-7-16(14)21-15(2)18(9-8-17(21)25)28(24(33)26-12-10-20(30)31)22-19(29)11-13-27(3)23(22)32/h4-9,11,13,22H,10,12H2,1-3H3,(H,26,33)(H,30,31)/t22-/m0/s1. The summed E-state index contributed by atoms with van der Waals surface area (Å²) < 4.78 is 15.0. The number of carboxylic acid groups (broad SMARTS) is 1. The number of rotatable bonds is 6. The van der Waals surface area contributed by atoms with Gasteiger partial charge >= 0.3 is 12.0 Å². The third-order valence-corrected chi connectivity index (χ3v) is 5.47. The van der Waals surface area contributed by atoms with E-state index in [-0.39, 0.29) is 24.2 Å². The fourth-order valence-electron chi connectivity index (χ4n) is 3.74. The number of hydrogen-bond donors (Lipinski definition) is 2. The van der Waals surface area contributed by atoms with Gasteiger partial charge in [0.25, 0.3) is 5.91 Å². The molecule has 0 spiro atoms. The van der Waals surface area contributed by atoms with Crippen LogP contribution in [0.1, 0.15) is 17.5 Å². The van der Waals surface area contributed by atoms with Gasteiger partial charge in [-0.2, -0.15) is 0 Å². The van der Waals surface area contributed by atoms with Gasteiger partial charge in [-0.15, -0.1) is 0 Å². The van der Waals surface area contributed by atoms with Crippen molar-refractivity contribution >= 4 is 29.4 Å². The second-order valence-electron chi connectivity index (χ2n) is 7.70. The van der Waals surface area contributed by atoms with Gasteiger partial charge in [0.2, 0.25) is 0 Å². The van der Waals surface area contributed by atoms with Crippen LogP contribution >= 0.6 is 0 Å². The zero-order valence-electron chi connectivity index (χ0n) is 18.5. The van der Waals surface area contributed by atoms with Gasteiger partial charge in [-0.25, -0.2) is 9.18 Å². The Morgan fingerprint density at radius 1 is 1.15 bits per heavy atom. The summed E-state index contributed by atoms with van der Waals surface area (Å²) in [6, 6.07) is 7.31. The van der Waals surface area contributed by atoms with Gasteiger partial charge in [-0.3, -0.25) is 19.3 Å². The molecule has 9 heteroatoms. The average molecular weight is 453 g/mol. The van der Waals surface area contributed by atoms with Gasteiger partial charge in [-0.05, 0) is 42.7 Å². The molecular weight excluding hydrogens is 429 g/mol. The SMILES string of the molecule is Cc1ccccc1-c1c(F)ccc(N(C(=O)NCCC(=O)O)[C@H]2C(=O)C=CN(C)C2=O)c1C. The second-order valence-corrected chi connectivity index (χ2v) is 7.70. The number of carbonyl (C=O) groups excluding carboxylic acids is 3. The predicted octanol–water partition coefficient (Wildman–Crippen LogP) is 3.02. The van der Waals surface area contributed by atoms with Crippen LogP contribution in [0.2, 0.25) is 0 Å². The van der Waals surface area contributed by atoms with Crippen LogP contribution < -0.4 is 10.2 Å². The van der Waals surface area contributed by atoms with E-state index in [2.05, 4.69) is 5.32 Å². The molecular formula is C24H24FN3O5. The molecule has 0 radical (unpaired) electrons. The molecule has 0 aliphatic carbocycles. The van der Waals surface area contributed by atoms with Crippen LogP contribution in [0, 0.1) is 19.7 Å². The summed E-state index contributed by atoms with van der Waals surface area (Å²) in [7, 11) is 1.45. The highest BCUT2D eigenvalue weighted by atomic mass is 19.1. The highest BCUT2D eigenvalue weighted by Crippen LogP contribution is 2.36. The number of ketones is 1. The van der Waals surface area contributed by atoms with Gasteiger partial charge in [0.15, 0.2) is 11.8 Å². The molecule has 0 bridgehead atoms. The fraction of sp³-hybridized carbons (Fsp3) is 0.250. The number of aliphatic carboxylic acids is 1. The van der Waals surface area contributed by atoms with Crippen molar-refractivity contribution in [3.63, 3.8) is 0 Å². The van der Waals surface area contributed by atoms with Crippen LogP contribution in [-0.4, -0.2) is 53.3 Å². The molecule has 3 rings (SSSR count). The molecule has 0 fully saturated rings. The summed E-state index contributed by atoms with van der Waals surface area (Å²) in [6.07, 6.45) is 2.14. The van der Waals surface area contributed by atoms with Gasteiger partial charge < -0.3 is 15.3 Å². The molecule has 2 aromatic rings. The summed E-state index contributed by atoms with van der Waals surface area (Å²) in [5.41, 5.74) is 2.18. The topological polar surface area (TPSA) is 107 Å². The molecule has 0 aromatic heterocycles. The molecule has 2 N–H and O–H groups in total. The van der Waals surface area contributed by atoms with Crippen molar-refractivity contribution in [2.75, 3.05) is 18.5 Å². The van der Waals surface area contributed by atoms with Crippen LogP contribution in [0.4, 0.5) is 14.9 Å². The van der Waals surface area contributed by atoms with E-state index in [0.29, 0.717) is 11.1 Å². The molecule has 8 nitrogen and oxygen atoms in total. The molecule has 1 atom stereocenters. The number of aryl methyl sites for hydroxylation is 1. The van der Waals surface area contributed by atoms with Gasteiger partial charge in [-0.1, -0.05) is 24.3 Å². The molecule has 172 valence electrons. The molecule has 0 saturated carbocycles. The Hall–Kier alpha value is -4.01. The Morgan fingerprint density at radius 2 is 1.85 bits per heavy atom. The lowest BCUT2D eigenvalue weighted by Gasteiger charge is -2.34. The number of carboxylic acids is 1. The van der Waals surface area contributed by atoms with Crippen molar-refractivity contribution in [3.05, 3.63) is 65.6 Å². The molecule has 33 heavy (non-hydrogen) atoms. The molecule has 1 heterocycles. The van der Waals surface area contributed by atoms with Gasteiger partial charge in [0, 0.05) is 31.4 Å². The van der Waals surface area contributed by atoms with Crippen LogP contribution in [0.3, 0.4) is 0 Å². The van der Waals surface area contributed by atoms with Crippen LogP contribution in [0.25, 0.3) is 11.1 Å². The highest BCUT2D eigenvalue weighted by Gasteiger charge is 2.40. The number of nitrogens with one attached hydrogen (secondary N) is 1. The first-order valence-corrected chi connectivity index (χ1v) is 10.3. The van der Waals surface area contributed by atoms with E-state index in [4.69, 9.17) is 5.11 Å². The summed E-state index contributed by atoms with van der Waals surface area (Å²) in [6.45, 7) is 3.22. The van der Waals surface area contributed by atoms with E-state index in [1.807, 2.05) is 19.1 Å². The maximum Gasteiger partial charge on any atom is 0.323 e. The van der Waals surface area contributed by atoms with Gasteiger partial charge in [0.05, 0.1) is 12.1 Å². The lowest BCUT2D eigenvalue weighted by molar-refractivity contribution is -0.137. The van der Waals surface area contributed by atoms with Crippen LogP contribution in [-0.2, 0) is 14.4 Å².